The van der Waals surface area contributed by atoms with Gasteiger partial charge < -0.3 is 20.2 Å². The van der Waals surface area contributed by atoms with E-state index in [-0.39, 0.29) is 5.75 Å². The topological polar surface area (TPSA) is 88.3 Å². The molecular weight excluding hydrogens is 340 g/mol. The highest BCUT2D eigenvalue weighted by Crippen LogP contribution is 2.37. The molecule has 0 amide bonds. The summed E-state index contributed by atoms with van der Waals surface area (Å²) < 4.78 is 0. The number of hydrogen-bond donors (Lipinski definition) is 2. The van der Waals surface area contributed by atoms with Crippen LogP contribution in [0.5, 0.6) is 5.75 Å². The second-order valence-corrected chi connectivity index (χ2v) is 7.44. The average molecular weight is 364 g/mol. The SMILES string of the molecule is Cc1cc(C#N)cc(O)c1-c1cc2c(nn1)N([C@H]1CCCN(C)C1)CCN2. The maximum absolute atomic E-state index is 10.4. The molecule has 2 N–H and O–H groups in total. The molecule has 0 unspecified atom stereocenters. The molecule has 0 saturated carbocycles. The number of nitrogens with zero attached hydrogens (tertiary/aromatic N) is 5. The molecule has 0 bridgehead atoms. The van der Waals surface area contributed by atoms with Gasteiger partial charge in [-0.1, -0.05) is 0 Å². The summed E-state index contributed by atoms with van der Waals surface area (Å²) in [5.41, 5.74) is 3.43. The second-order valence-electron chi connectivity index (χ2n) is 7.44. The molecule has 2 aromatic rings. The van der Waals surface area contributed by atoms with Crippen molar-refractivity contribution < 1.29 is 5.11 Å². The summed E-state index contributed by atoms with van der Waals surface area (Å²) in [6.07, 6.45) is 2.37. The van der Waals surface area contributed by atoms with Gasteiger partial charge in [0.05, 0.1) is 23.0 Å². The number of phenols is 1. The molecule has 0 radical (unpaired) electrons. The summed E-state index contributed by atoms with van der Waals surface area (Å²) in [5.74, 6) is 0.943. The van der Waals surface area contributed by atoms with E-state index in [1.807, 2.05) is 13.0 Å². The first kappa shape index (κ1) is 17.6. The Kier molecular flexibility index (Phi) is 4.58. The van der Waals surface area contributed by atoms with E-state index in [2.05, 4.69) is 38.4 Å². The van der Waals surface area contributed by atoms with Crippen LogP contribution in [0.2, 0.25) is 0 Å². The average Bonchev–Trinajstić information content (AvgIpc) is 2.66. The first-order valence-corrected chi connectivity index (χ1v) is 9.37. The number of aryl methyl sites for hydroxylation is 1. The number of nitrogens with one attached hydrogen (secondary N) is 1. The number of likely N-dealkylation sites (N-methyl/N-ethyl adjacent to an activating group) is 1. The van der Waals surface area contributed by atoms with Crippen LogP contribution >= 0.6 is 0 Å². The van der Waals surface area contributed by atoms with E-state index in [0.717, 1.165) is 43.2 Å². The van der Waals surface area contributed by atoms with Gasteiger partial charge >= 0.3 is 0 Å². The zero-order valence-corrected chi connectivity index (χ0v) is 15.7. The quantitative estimate of drug-likeness (QED) is 0.845. The minimum Gasteiger partial charge on any atom is -0.507 e. The number of nitriles is 1. The van der Waals surface area contributed by atoms with Gasteiger partial charge in [0.15, 0.2) is 5.82 Å². The van der Waals surface area contributed by atoms with Gasteiger partial charge in [-0.2, -0.15) is 5.26 Å². The van der Waals surface area contributed by atoms with Crippen LogP contribution in [0.1, 0.15) is 24.0 Å². The number of aromatic hydroxyl groups is 1. The molecule has 1 atom stereocenters. The van der Waals surface area contributed by atoms with Gasteiger partial charge in [-0.3, -0.25) is 0 Å². The van der Waals surface area contributed by atoms with E-state index in [1.54, 1.807) is 6.07 Å². The summed E-state index contributed by atoms with van der Waals surface area (Å²) in [5, 5.41) is 31.8. The summed E-state index contributed by atoms with van der Waals surface area (Å²) in [6, 6.07) is 7.70. The van der Waals surface area contributed by atoms with Gasteiger partial charge in [-0.05, 0) is 57.1 Å². The lowest BCUT2D eigenvalue weighted by Gasteiger charge is -2.41. The lowest BCUT2D eigenvalue weighted by molar-refractivity contribution is 0.244. The van der Waals surface area contributed by atoms with Crippen LogP contribution in [0.4, 0.5) is 11.5 Å². The van der Waals surface area contributed by atoms with Crippen LogP contribution in [0.3, 0.4) is 0 Å². The van der Waals surface area contributed by atoms with E-state index in [9.17, 15) is 5.11 Å². The predicted molar refractivity (Wildman–Crippen MR) is 105 cm³/mol. The number of rotatable bonds is 2. The molecule has 1 aromatic carbocycles. The fourth-order valence-corrected chi connectivity index (χ4v) is 4.18. The number of phenolic OH excluding ortho intramolecular Hbond substituents is 1. The van der Waals surface area contributed by atoms with Crippen LogP contribution in [-0.4, -0.2) is 59.5 Å². The predicted octanol–water partition coefficient (Wildman–Crippen LogP) is 2.36. The normalized spacial score (nSPS) is 19.9. The molecule has 7 nitrogen and oxygen atoms in total. The van der Waals surface area contributed by atoms with Gasteiger partial charge in [-0.25, -0.2) is 0 Å². The summed E-state index contributed by atoms with van der Waals surface area (Å²) in [7, 11) is 2.17. The van der Waals surface area contributed by atoms with E-state index < -0.39 is 0 Å². The Morgan fingerprint density at radius 2 is 2.11 bits per heavy atom. The fourth-order valence-electron chi connectivity index (χ4n) is 4.18. The minimum absolute atomic E-state index is 0.0578. The third-order valence-electron chi connectivity index (χ3n) is 5.45. The molecule has 27 heavy (non-hydrogen) atoms. The zero-order chi connectivity index (χ0) is 19.0. The Balaban J connectivity index is 1.69. The fraction of sp³-hybridized carbons (Fsp3) is 0.450. The number of fused-ring (bicyclic) bond motifs is 1. The van der Waals surface area contributed by atoms with Gasteiger partial charge in [-0.15, -0.1) is 10.2 Å². The van der Waals surface area contributed by atoms with Crippen molar-refractivity contribution in [3.63, 3.8) is 0 Å². The summed E-state index contributed by atoms with van der Waals surface area (Å²) in [6.45, 7) is 5.83. The van der Waals surface area contributed by atoms with Gasteiger partial charge in [0.2, 0.25) is 0 Å². The Morgan fingerprint density at radius 3 is 2.85 bits per heavy atom. The van der Waals surface area contributed by atoms with E-state index in [0.29, 0.717) is 22.9 Å². The van der Waals surface area contributed by atoms with E-state index >= 15 is 0 Å². The lowest BCUT2D eigenvalue weighted by Crippen LogP contribution is -2.50. The Morgan fingerprint density at radius 1 is 1.26 bits per heavy atom. The first-order chi connectivity index (χ1) is 13.1. The molecule has 1 saturated heterocycles. The Labute approximate surface area is 159 Å². The van der Waals surface area contributed by atoms with Crippen molar-refractivity contribution in [1.29, 1.82) is 5.26 Å². The molecule has 1 aromatic heterocycles. The number of hydrogen-bond acceptors (Lipinski definition) is 7. The highest BCUT2D eigenvalue weighted by molar-refractivity contribution is 5.78. The smallest absolute Gasteiger partial charge is 0.175 e. The highest BCUT2D eigenvalue weighted by Gasteiger charge is 2.29. The molecule has 1 fully saturated rings. The van der Waals surface area contributed by atoms with Crippen LogP contribution in [0.25, 0.3) is 11.3 Å². The lowest BCUT2D eigenvalue weighted by atomic mass is 10.0. The highest BCUT2D eigenvalue weighted by atomic mass is 16.3. The molecule has 0 spiro atoms. The molecule has 140 valence electrons. The molecular formula is C20H24N6O. The Bertz CT molecular complexity index is 883. The maximum atomic E-state index is 10.4. The molecule has 0 aliphatic carbocycles. The summed E-state index contributed by atoms with van der Waals surface area (Å²) in [4.78, 5) is 4.74. The first-order valence-electron chi connectivity index (χ1n) is 9.37. The number of benzene rings is 1. The zero-order valence-electron chi connectivity index (χ0n) is 15.7. The number of anilines is 2. The van der Waals surface area contributed by atoms with Crippen LogP contribution in [0, 0.1) is 18.3 Å². The molecule has 2 aliphatic rings. The van der Waals surface area contributed by atoms with Gasteiger partial charge in [0, 0.05) is 31.2 Å². The third-order valence-corrected chi connectivity index (χ3v) is 5.45. The van der Waals surface area contributed by atoms with Crippen LogP contribution < -0.4 is 10.2 Å². The van der Waals surface area contributed by atoms with E-state index in [1.165, 1.54) is 18.9 Å². The number of piperidine rings is 1. The van der Waals surface area contributed by atoms with Crippen molar-refractivity contribution in [1.82, 2.24) is 15.1 Å². The maximum Gasteiger partial charge on any atom is 0.175 e. The van der Waals surface area contributed by atoms with Crippen molar-refractivity contribution in [2.75, 3.05) is 43.4 Å². The van der Waals surface area contributed by atoms with E-state index in [4.69, 9.17) is 5.26 Å². The van der Waals surface area contributed by atoms with Crippen molar-refractivity contribution in [2.45, 2.75) is 25.8 Å². The largest absolute Gasteiger partial charge is 0.507 e. The molecule has 2 aliphatic heterocycles. The Hall–Kier alpha value is -2.85. The van der Waals surface area contributed by atoms with Crippen LogP contribution in [-0.2, 0) is 0 Å². The standard InChI is InChI=1S/C20H24N6O/c1-13-8-14(11-21)9-18(27)19(13)16-10-17-20(24-23-16)26(7-5-22-17)15-4-3-6-25(2)12-15/h8-10,15,22,27H,3-7,12H2,1-2H3/t15-/m0/s1. The van der Waals surface area contributed by atoms with Crippen molar-refractivity contribution in [3.8, 4) is 23.1 Å². The second kappa shape index (κ2) is 7.05. The number of aromatic nitrogens is 2. The van der Waals surface area contributed by atoms with Crippen molar-refractivity contribution in [2.24, 2.45) is 0 Å². The molecule has 4 rings (SSSR count). The molecule has 3 heterocycles. The monoisotopic (exact) mass is 364 g/mol. The van der Waals surface area contributed by atoms with Crippen molar-refractivity contribution >= 4 is 11.5 Å². The molecule has 7 heteroatoms. The van der Waals surface area contributed by atoms with Gasteiger partial charge in [0.1, 0.15) is 5.75 Å². The number of likely N-dealkylation sites (tertiary alicyclic amines) is 1. The minimum atomic E-state index is 0.0578. The van der Waals surface area contributed by atoms with Gasteiger partial charge in [0.25, 0.3) is 0 Å². The summed E-state index contributed by atoms with van der Waals surface area (Å²) >= 11 is 0. The van der Waals surface area contributed by atoms with Crippen molar-refractivity contribution in [3.05, 3.63) is 29.3 Å². The third kappa shape index (κ3) is 3.28. The van der Waals surface area contributed by atoms with Crippen LogP contribution in [0.15, 0.2) is 18.2 Å².